The molecule has 0 bridgehead atoms. The number of nitrogens with one attached hydrogen (secondary N) is 3. The molecular weight excluding hydrogens is 559 g/mol. The van der Waals surface area contributed by atoms with Crippen molar-refractivity contribution in [3.63, 3.8) is 0 Å². The molecule has 1 aliphatic rings. The second-order valence-corrected chi connectivity index (χ2v) is 12.1. The minimum atomic E-state index is -4.41. The van der Waals surface area contributed by atoms with E-state index in [0.29, 0.717) is 29.2 Å². The summed E-state index contributed by atoms with van der Waals surface area (Å²) in [7, 11) is -3.19. The number of carbonyl (C=O) groups is 1. The van der Waals surface area contributed by atoms with E-state index in [-0.39, 0.29) is 30.2 Å². The normalized spacial score (nSPS) is 14.4. The van der Waals surface area contributed by atoms with Gasteiger partial charge in [-0.1, -0.05) is 12.0 Å². The minimum absolute atomic E-state index is 0.0193. The third-order valence-electron chi connectivity index (χ3n) is 6.47. The van der Waals surface area contributed by atoms with Crippen LogP contribution in [0.5, 0.6) is 0 Å². The smallest absolute Gasteiger partial charge is 0.381 e. The number of aromatic nitrogens is 2. The van der Waals surface area contributed by atoms with E-state index in [1.807, 2.05) is 12.1 Å². The number of ether oxygens (including phenoxy) is 1. The fourth-order valence-electron chi connectivity index (χ4n) is 4.40. The summed E-state index contributed by atoms with van der Waals surface area (Å²) in [4.78, 5) is 16.1. The van der Waals surface area contributed by atoms with Gasteiger partial charge in [-0.15, -0.1) is 0 Å². The summed E-state index contributed by atoms with van der Waals surface area (Å²) in [5, 5.41) is 9.67. The first kappa shape index (κ1) is 30.4. The highest BCUT2D eigenvalue weighted by Crippen LogP contribution is 2.26. The first-order chi connectivity index (χ1) is 19.5. The summed E-state index contributed by atoms with van der Waals surface area (Å²) in [6.45, 7) is 1.03. The second-order valence-electron chi connectivity index (χ2n) is 9.86. The maximum absolute atomic E-state index is 13.4. The molecular formula is C28H32F3N5O4S. The number of hydrogen-bond donors (Lipinski definition) is 3. The number of hydrogen-bond acceptors (Lipinski definition) is 7. The van der Waals surface area contributed by atoms with Gasteiger partial charge in [-0.05, 0) is 54.7 Å². The number of pyridine rings is 1. The number of amides is 1. The molecule has 0 atom stereocenters. The number of nitrogens with zero attached hydrogens (tertiary/aromatic N) is 2. The van der Waals surface area contributed by atoms with E-state index in [1.54, 1.807) is 18.2 Å². The van der Waals surface area contributed by atoms with Gasteiger partial charge in [0.15, 0.2) is 0 Å². The highest BCUT2D eigenvalue weighted by Gasteiger charge is 2.29. The van der Waals surface area contributed by atoms with Gasteiger partial charge < -0.3 is 25.3 Å². The van der Waals surface area contributed by atoms with Crippen molar-refractivity contribution in [1.82, 2.24) is 20.2 Å². The van der Waals surface area contributed by atoms with Crippen LogP contribution in [0, 0.1) is 11.8 Å². The zero-order valence-corrected chi connectivity index (χ0v) is 23.4. The van der Waals surface area contributed by atoms with Crippen LogP contribution >= 0.6 is 0 Å². The summed E-state index contributed by atoms with van der Waals surface area (Å²) in [5.41, 5.74) is 2.38. The van der Waals surface area contributed by atoms with Gasteiger partial charge in [-0.2, -0.15) is 13.2 Å². The first-order valence-electron chi connectivity index (χ1n) is 13.1. The minimum Gasteiger partial charge on any atom is -0.381 e. The summed E-state index contributed by atoms with van der Waals surface area (Å²) < 4.78 is 69.1. The Kier molecular flexibility index (Phi) is 9.90. The highest BCUT2D eigenvalue weighted by molar-refractivity contribution is 7.90. The number of fused-ring (bicyclic) bond motifs is 1. The average Bonchev–Trinajstić information content (AvgIpc) is 3.25. The molecule has 1 aliphatic heterocycles. The predicted octanol–water partition coefficient (Wildman–Crippen LogP) is 3.11. The summed E-state index contributed by atoms with van der Waals surface area (Å²) in [6, 6.07) is 10.5. The lowest BCUT2D eigenvalue weighted by Gasteiger charge is -2.23. The fourth-order valence-corrected chi connectivity index (χ4v) is 4.87. The summed E-state index contributed by atoms with van der Waals surface area (Å²) in [5.74, 6) is 5.04. The molecule has 0 radical (unpaired) electrons. The van der Waals surface area contributed by atoms with Crippen LogP contribution in [0.3, 0.4) is 0 Å². The highest BCUT2D eigenvalue weighted by atomic mass is 32.2. The molecule has 1 saturated heterocycles. The fraction of sp³-hybridized carbons (Fsp3) is 0.429. The van der Waals surface area contributed by atoms with E-state index in [9.17, 15) is 26.4 Å². The molecule has 1 aromatic carbocycles. The van der Waals surface area contributed by atoms with Crippen LogP contribution in [0.4, 0.5) is 18.9 Å². The van der Waals surface area contributed by atoms with Gasteiger partial charge in [-0.25, -0.2) is 13.4 Å². The molecule has 4 rings (SSSR count). The Balaban J connectivity index is 1.40. The van der Waals surface area contributed by atoms with Crippen molar-refractivity contribution in [2.75, 3.05) is 43.6 Å². The molecule has 2 aromatic heterocycles. The summed E-state index contributed by atoms with van der Waals surface area (Å²) >= 11 is 0. The third kappa shape index (κ3) is 9.48. The van der Waals surface area contributed by atoms with Crippen LogP contribution < -0.4 is 16.0 Å². The zero-order valence-electron chi connectivity index (χ0n) is 22.6. The molecule has 0 aliphatic carbocycles. The number of anilines is 1. The number of benzene rings is 1. The molecule has 1 amide bonds. The van der Waals surface area contributed by atoms with Crippen molar-refractivity contribution in [3.8, 4) is 11.8 Å². The average molecular weight is 592 g/mol. The molecule has 3 aromatic rings. The molecule has 1 fully saturated rings. The Labute approximate surface area is 236 Å². The van der Waals surface area contributed by atoms with Crippen molar-refractivity contribution in [2.45, 2.75) is 38.1 Å². The monoisotopic (exact) mass is 591 g/mol. The van der Waals surface area contributed by atoms with Crippen LogP contribution in [-0.4, -0.2) is 74.4 Å². The zero-order chi connectivity index (χ0) is 29.5. The lowest BCUT2D eigenvalue weighted by atomic mass is 10.1. The molecule has 41 heavy (non-hydrogen) atoms. The van der Waals surface area contributed by atoms with Gasteiger partial charge in [0, 0.05) is 49.5 Å². The molecule has 0 spiro atoms. The lowest BCUT2D eigenvalue weighted by Crippen LogP contribution is -2.34. The van der Waals surface area contributed by atoms with Crippen LogP contribution in [-0.2, 0) is 27.7 Å². The molecule has 9 nitrogen and oxygen atoms in total. The Bertz CT molecular complexity index is 1520. The molecule has 0 unspecified atom stereocenters. The van der Waals surface area contributed by atoms with E-state index >= 15 is 0 Å². The standard InChI is InChI=1S/C28H32F3N5O4S/c1-41(38,39)14-11-33-27(37)25-6-5-23(18-35-25)32-10-2-3-24-16-21-15-20(17-34-22-8-12-40-13-9-22)4-7-26(21)36(24)19-28(29,30)31/h4-7,15-16,18,22,32,34H,8-14,17,19H2,1H3,(H,33,37). The van der Waals surface area contributed by atoms with Crippen molar-refractivity contribution in [1.29, 1.82) is 0 Å². The van der Waals surface area contributed by atoms with Crippen molar-refractivity contribution in [2.24, 2.45) is 0 Å². The van der Waals surface area contributed by atoms with Gasteiger partial charge in [0.1, 0.15) is 22.1 Å². The number of alkyl halides is 3. The van der Waals surface area contributed by atoms with E-state index < -0.39 is 28.5 Å². The van der Waals surface area contributed by atoms with Gasteiger partial charge in [-0.3, -0.25) is 4.79 Å². The van der Waals surface area contributed by atoms with E-state index in [0.717, 1.165) is 37.9 Å². The Morgan fingerprint density at radius 2 is 1.95 bits per heavy atom. The SMILES string of the molecule is CS(=O)(=O)CCNC(=O)c1ccc(NCC#Cc2cc3cc(CNC4CCOCC4)ccc3n2CC(F)(F)F)cn1. The Morgan fingerprint density at radius 1 is 1.17 bits per heavy atom. The lowest BCUT2D eigenvalue weighted by molar-refractivity contribution is -0.140. The summed E-state index contributed by atoms with van der Waals surface area (Å²) in [6.07, 6.45) is -0.0415. The third-order valence-corrected chi connectivity index (χ3v) is 7.42. The van der Waals surface area contributed by atoms with E-state index in [1.165, 1.54) is 16.8 Å². The number of rotatable bonds is 10. The Morgan fingerprint density at radius 3 is 2.63 bits per heavy atom. The topological polar surface area (TPSA) is 114 Å². The van der Waals surface area contributed by atoms with E-state index in [4.69, 9.17) is 4.74 Å². The molecule has 3 heterocycles. The van der Waals surface area contributed by atoms with Gasteiger partial charge in [0.25, 0.3) is 5.91 Å². The van der Waals surface area contributed by atoms with Crippen LogP contribution in [0.15, 0.2) is 42.6 Å². The quantitative estimate of drug-likeness (QED) is 0.311. The second kappa shape index (κ2) is 13.4. The number of sulfone groups is 1. The number of carbonyl (C=O) groups excluding carboxylic acids is 1. The molecule has 13 heteroatoms. The predicted molar refractivity (Wildman–Crippen MR) is 150 cm³/mol. The van der Waals surface area contributed by atoms with Crippen LogP contribution in [0.1, 0.15) is 34.6 Å². The molecule has 220 valence electrons. The van der Waals surface area contributed by atoms with Gasteiger partial charge in [0.2, 0.25) is 0 Å². The van der Waals surface area contributed by atoms with Crippen molar-refractivity contribution in [3.05, 3.63) is 59.5 Å². The van der Waals surface area contributed by atoms with Crippen LogP contribution in [0.25, 0.3) is 10.9 Å². The maximum atomic E-state index is 13.4. The largest absolute Gasteiger partial charge is 0.406 e. The van der Waals surface area contributed by atoms with Crippen molar-refractivity contribution < 1.29 is 31.1 Å². The van der Waals surface area contributed by atoms with Gasteiger partial charge >= 0.3 is 6.18 Å². The number of halogens is 3. The maximum Gasteiger partial charge on any atom is 0.406 e. The van der Waals surface area contributed by atoms with Crippen molar-refractivity contribution >= 4 is 32.3 Å². The molecule has 3 N–H and O–H groups in total. The molecule has 0 saturated carbocycles. The Hall–Kier alpha value is -3.60. The first-order valence-corrected chi connectivity index (χ1v) is 15.2. The van der Waals surface area contributed by atoms with E-state index in [2.05, 4.69) is 32.8 Å². The van der Waals surface area contributed by atoms with Gasteiger partial charge in [0.05, 0.1) is 29.9 Å². The van der Waals surface area contributed by atoms with Crippen LogP contribution in [0.2, 0.25) is 0 Å².